The van der Waals surface area contributed by atoms with Gasteiger partial charge in [-0.05, 0) is 35.2 Å². The Morgan fingerprint density at radius 2 is 1.81 bits per heavy atom. The van der Waals surface area contributed by atoms with Gasteiger partial charge in [-0.25, -0.2) is 13.1 Å². The van der Waals surface area contributed by atoms with Crippen LogP contribution in [0.25, 0.3) is 0 Å². The number of thiophene rings is 1. The number of amides is 1. The minimum atomic E-state index is -3.69. The van der Waals surface area contributed by atoms with Gasteiger partial charge in [-0.2, -0.15) is 0 Å². The van der Waals surface area contributed by atoms with E-state index in [-0.39, 0.29) is 17.3 Å². The van der Waals surface area contributed by atoms with Crippen molar-refractivity contribution in [2.75, 3.05) is 7.05 Å². The Balaban J connectivity index is 1.73. The quantitative estimate of drug-likeness (QED) is 0.660. The van der Waals surface area contributed by atoms with E-state index in [2.05, 4.69) is 4.72 Å². The molecule has 0 aliphatic carbocycles. The average Bonchev–Trinajstić information content (AvgIpc) is 3.20. The van der Waals surface area contributed by atoms with Gasteiger partial charge in [0.2, 0.25) is 10.0 Å². The van der Waals surface area contributed by atoms with Crippen LogP contribution in [0.2, 0.25) is 0 Å². The van der Waals surface area contributed by atoms with Gasteiger partial charge in [-0.3, -0.25) is 4.79 Å². The largest absolute Gasteiger partial charge is 0.337 e. The Morgan fingerprint density at radius 1 is 1.04 bits per heavy atom. The van der Waals surface area contributed by atoms with Crippen LogP contribution in [-0.4, -0.2) is 26.3 Å². The van der Waals surface area contributed by atoms with Crippen LogP contribution < -0.4 is 4.72 Å². The van der Waals surface area contributed by atoms with Crippen LogP contribution in [0.4, 0.5) is 0 Å². The lowest BCUT2D eigenvalue weighted by Gasteiger charge is -2.18. The number of nitrogens with zero attached hydrogens (tertiary/aromatic N) is 1. The molecular formula is C20H20N2O3S2. The third-order valence-corrected chi connectivity index (χ3v) is 6.29. The summed E-state index contributed by atoms with van der Waals surface area (Å²) in [6.45, 7) is 0.680. The van der Waals surface area contributed by atoms with Crippen LogP contribution in [0.5, 0.6) is 0 Å². The van der Waals surface area contributed by atoms with Crippen molar-refractivity contribution < 1.29 is 13.2 Å². The lowest BCUT2D eigenvalue weighted by molar-refractivity contribution is 0.0785. The molecule has 0 spiro atoms. The van der Waals surface area contributed by atoms with Crippen molar-refractivity contribution in [3.05, 3.63) is 88.1 Å². The van der Waals surface area contributed by atoms with Gasteiger partial charge in [0.15, 0.2) is 0 Å². The lowest BCUT2D eigenvalue weighted by atomic mass is 10.1. The van der Waals surface area contributed by atoms with Crippen molar-refractivity contribution in [1.82, 2.24) is 9.62 Å². The maximum absolute atomic E-state index is 12.7. The summed E-state index contributed by atoms with van der Waals surface area (Å²) in [4.78, 5) is 15.3. The molecule has 27 heavy (non-hydrogen) atoms. The molecule has 0 unspecified atom stereocenters. The topological polar surface area (TPSA) is 66.5 Å². The Hall–Kier alpha value is -2.48. The molecule has 1 N–H and O–H groups in total. The molecule has 0 saturated heterocycles. The minimum absolute atomic E-state index is 0.0815. The molecule has 0 fully saturated rings. The van der Waals surface area contributed by atoms with Gasteiger partial charge in [0.25, 0.3) is 5.91 Å². The molecule has 3 aromatic rings. The predicted molar refractivity (Wildman–Crippen MR) is 107 cm³/mol. The molecule has 1 amide bonds. The number of sulfonamides is 1. The second-order valence-electron chi connectivity index (χ2n) is 6.08. The Bertz CT molecular complexity index is 1000. The molecule has 0 radical (unpaired) electrons. The molecule has 3 rings (SSSR count). The average molecular weight is 401 g/mol. The molecule has 0 atom stereocenters. The molecule has 0 saturated carbocycles. The van der Waals surface area contributed by atoms with E-state index in [9.17, 15) is 13.2 Å². The lowest BCUT2D eigenvalue weighted by Crippen LogP contribution is -2.27. The number of benzene rings is 2. The third kappa shape index (κ3) is 5.03. The minimum Gasteiger partial charge on any atom is -0.337 e. The highest BCUT2D eigenvalue weighted by molar-refractivity contribution is 7.89. The maximum Gasteiger partial charge on any atom is 0.253 e. The van der Waals surface area contributed by atoms with E-state index in [0.29, 0.717) is 12.1 Å². The summed E-state index contributed by atoms with van der Waals surface area (Å²) in [6.07, 6.45) is 0. The van der Waals surface area contributed by atoms with Crippen molar-refractivity contribution in [1.29, 1.82) is 0 Å². The molecule has 0 aliphatic rings. The number of hydrogen-bond acceptors (Lipinski definition) is 4. The molecule has 2 aromatic carbocycles. The first-order valence-electron chi connectivity index (χ1n) is 8.37. The van der Waals surface area contributed by atoms with Gasteiger partial charge in [0.1, 0.15) is 0 Å². The number of hydrogen-bond donors (Lipinski definition) is 1. The summed E-state index contributed by atoms with van der Waals surface area (Å²) in [5.41, 5.74) is 1.35. The van der Waals surface area contributed by atoms with Gasteiger partial charge in [-0.1, -0.05) is 42.5 Å². The highest BCUT2D eigenvalue weighted by Gasteiger charge is 2.18. The van der Waals surface area contributed by atoms with Crippen LogP contribution in [0.15, 0.2) is 77.0 Å². The Kier molecular flexibility index (Phi) is 6.05. The van der Waals surface area contributed by atoms with Crippen LogP contribution in [0, 0.1) is 0 Å². The fraction of sp³-hybridized carbons (Fsp3) is 0.150. The number of rotatable bonds is 7. The van der Waals surface area contributed by atoms with E-state index >= 15 is 0 Å². The summed E-state index contributed by atoms with van der Waals surface area (Å²) in [5, 5.41) is 1.89. The molecule has 0 bridgehead atoms. The summed E-state index contributed by atoms with van der Waals surface area (Å²) in [7, 11) is -1.99. The number of carbonyl (C=O) groups is 1. The Labute approximate surface area is 163 Å². The molecular weight excluding hydrogens is 380 g/mol. The second kappa shape index (κ2) is 8.47. The molecule has 1 heterocycles. The predicted octanol–water partition coefficient (Wildman–Crippen LogP) is 3.50. The van der Waals surface area contributed by atoms with E-state index in [0.717, 1.165) is 10.4 Å². The summed E-state index contributed by atoms with van der Waals surface area (Å²) in [6, 6.07) is 19.5. The van der Waals surface area contributed by atoms with Crippen molar-refractivity contribution in [3.63, 3.8) is 0 Å². The van der Waals surface area contributed by atoms with Crippen LogP contribution in [0.1, 0.15) is 20.8 Å². The zero-order valence-corrected chi connectivity index (χ0v) is 16.5. The summed E-state index contributed by atoms with van der Waals surface area (Å²) < 4.78 is 27.6. The van der Waals surface area contributed by atoms with Crippen LogP contribution >= 0.6 is 11.3 Å². The molecule has 1 aromatic heterocycles. The van der Waals surface area contributed by atoms with Gasteiger partial charge >= 0.3 is 0 Å². The first-order chi connectivity index (χ1) is 13.0. The first kappa shape index (κ1) is 19.3. The van der Waals surface area contributed by atoms with E-state index < -0.39 is 10.0 Å². The second-order valence-corrected chi connectivity index (χ2v) is 8.88. The standard InChI is InChI=1S/C20H20N2O3S2/c1-22(15-16-7-3-2-4-8-16)20(23)17-9-5-11-19(13-17)27(24,25)21-14-18-10-6-12-26-18/h2-13,21H,14-15H2,1H3. The van der Waals surface area contributed by atoms with Gasteiger partial charge in [0.05, 0.1) is 4.90 Å². The van der Waals surface area contributed by atoms with E-state index in [1.165, 1.54) is 23.5 Å². The van der Waals surface area contributed by atoms with Gasteiger partial charge in [-0.15, -0.1) is 11.3 Å². The SMILES string of the molecule is CN(Cc1ccccc1)C(=O)c1cccc(S(=O)(=O)NCc2cccs2)c1. The van der Waals surface area contributed by atoms with Crippen molar-refractivity contribution in [2.45, 2.75) is 18.0 Å². The van der Waals surface area contributed by atoms with Crippen LogP contribution in [0.3, 0.4) is 0 Å². The van der Waals surface area contributed by atoms with Crippen molar-refractivity contribution in [3.8, 4) is 0 Å². The van der Waals surface area contributed by atoms with E-state index in [1.807, 2.05) is 47.8 Å². The summed E-state index contributed by atoms with van der Waals surface area (Å²) in [5.74, 6) is -0.228. The number of nitrogens with one attached hydrogen (secondary N) is 1. The molecule has 7 heteroatoms. The van der Waals surface area contributed by atoms with Crippen molar-refractivity contribution in [2.24, 2.45) is 0 Å². The highest BCUT2D eigenvalue weighted by Crippen LogP contribution is 2.16. The van der Waals surface area contributed by atoms with Crippen LogP contribution in [-0.2, 0) is 23.1 Å². The Morgan fingerprint density at radius 3 is 2.52 bits per heavy atom. The van der Waals surface area contributed by atoms with E-state index in [1.54, 1.807) is 24.1 Å². The first-order valence-corrected chi connectivity index (χ1v) is 10.7. The zero-order valence-electron chi connectivity index (χ0n) is 14.8. The fourth-order valence-corrected chi connectivity index (χ4v) is 4.40. The molecule has 140 valence electrons. The maximum atomic E-state index is 12.7. The summed E-state index contributed by atoms with van der Waals surface area (Å²) >= 11 is 1.48. The van der Waals surface area contributed by atoms with Gasteiger partial charge in [0, 0.05) is 30.6 Å². The third-order valence-electron chi connectivity index (χ3n) is 4.02. The highest BCUT2D eigenvalue weighted by atomic mass is 32.2. The molecule has 0 aliphatic heterocycles. The molecule has 5 nitrogen and oxygen atoms in total. The van der Waals surface area contributed by atoms with Crippen molar-refractivity contribution >= 4 is 27.3 Å². The van der Waals surface area contributed by atoms with Gasteiger partial charge < -0.3 is 4.90 Å². The smallest absolute Gasteiger partial charge is 0.253 e. The monoisotopic (exact) mass is 400 g/mol. The normalized spacial score (nSPS) is 11.3. The van der Waals surface area contributed by atoms with E-state index in [4.69, 9.17) is 0 Å². The number of carbonyl (C=O) groups excluding carboxylic acids is 1. The zero-order chi connectivity index (χ0) is 19.3. The fourth-order valence-electron chi connectivity index (χ4n) is 2.61.